The van der Waals surface area contributed by atoms with E-state index in [1.807, 2.05) is 24.3 Å². The molecule has 1 aromatic rings. The predicted molar refractivity (Wildman–Crippen MR) is 88.7 cm³/mol. The summed E-state index contributed by atoms with van der Waals surface area (Å²) in [6.45, 7) is 0.382. The Bertz CT molecular complexity index is 458. The van der Waals surface area contributed by atoms with Crippen LogP contribution in [0.15, 0.2) is 24.3 Å². The molecule has 1 saturated carbocycles. The molecule has 2 rings (SSSR count). The van der Waals surface area contributed by atoms with Gasteiger partial charge in [-0.05, 0) is 30.5 Å². The Hall–Kier alpha value is -0.710. The summed E-state index contributed by atoms with van der Waals surface area (Å²) in [7, 11) is 0. The molecule has 0 radical (unpaired) electrons. The molecule has 0 spiro atoms. The number of hydrogen-bond donors (Lipinski definition) is 2. The summed E-state index contributed by atoms with van der Waals surface area (Å²) < 4.78 is 0. The molecule has 1 amide bonds. The number of carbonyl (C=O) groups is 1. The van der Waals surface area contributed by atoms with Gasteiger partial charge in [-0.25, -0.2) is 0 Å². The van der Waals surface area contributed by atoms with Crippen LogP contribution in [0.25, 0.3) is 0 Å². The maximum atomic E-state index is 11.8. The third-order valence-corrected chi connectivity index (χ3v) is 5.07. The van der Waals surface area contributed by atoms with E-state index in [9.17, 15) is 9.90 Å². The number of benzene rings is 1. The van der Waals surface area contributed by atoms with Gasteiger partial charge in [0.05, 0.1) is 11.4 Å². The minimum Gasteiger partial charge on any atom is -0.388 e. The molecule has 0 heterocycles. The van der Waals surface area contributed by atoms with Crippen molar-refractivity contribution >= 4 is 29.3 Å². The second-order valence-corrected chi connectivity index (χ2v) is 7.10. The van der Waals surface area contributed by atoms with E-state index in [4.69, 9.17) is 11.6 Å². The molecule has 0 bridgehead atoms. The minimum absolute atomic E-state index is 0.00652. The molecule has 2 N–H and O–H groups in total. The van der Waals surface area contributed by atoms with Crippen LogP contribution < -0.4 is 5.32 Å². The number of rotatable bonds is 6. The van der Waals surface area contributed by atoms with Crippen LogP contribution in [0.3, 0.4) is 0 Å². The molecule has 0 aromatic heterocycles. The van der Waals surface area contributed by atoms with E-state index in [1.165, 1.54) is 6.42 Å². The lowest BCUT2D eigenvalue weighted by molar-refractivity contribution is -0.120. The van der Waals surface area contributed by atoms with Gasteiger partial charge in [0.15, 0.2) is 0 Å². The molecular formula is C16H22ClNO2S. The van der Waals surface area contributed by atoms with Crippen LogP contribution in [0.4, 0.5) is 0 Å². The lowest BCUT2D eigenvalue weighted by Crippen LogP contribution is -2.44. The number of amides is 1. The molecule has 21 heavy (non-hydrogen) atoms. The van der Waals surface area contributed by atoms with Crippen molar-refractivity contribution in [1.82, 2.24) is 5.32 Å². The van der Waals surface area contributed by atoms with E-state index in [0.717, 1.165) is 42.0 Å². The highest BCUT2D eigenvalue weighted by Gasteiger charge is 2.29. The van der Waals surface area contributed by atoms with Gasteiger partial charge in [-0.3, -0.25) is 4.79 Å². The summed E-state index contributed by atoms with van der Waals surface area (Å²) in [5, 5.41) is 13.9. The van der Waals surface area contributed by atoms with Gasteiger partial charge in [0, 0.05) is 17.3 Å². The molecule has 0 saturated heterocycles. The van der Waals surface area contributed by atoms with Gasteiger partial charge >= 0.3 is 0 Å². The summed E-state index contributed by atoms with van der Waals surface area (Å²) in [5.41, 5.74) is 0.470. The first kappa shape index (κ1) is 16.7. The molecule has 1 aromatic carbocycles. The largest absolute Gasteiger partial charge is 0.388 e. The van der Waals surface area contributed by atoms with E-state index in [0.29, 0.717) is 12.3 Å². The molecule has 1 aliphatic rings. The summed E-state index contributed by atoms with van der Waals surface area (Å²) in [4.78, 5) is 11.8. The van der Waals surface area contributed by atoms with Crippen LogP contribution >= 0.6 is 23.4 Å². The number of carbonyl (C=O) groups excluding carboxylic acids is 1. The molecule has 1 aliphatic carbocycles. The predicted octanol–water partition coefficient (Wildman–Crippen LogP) is 3.38. The number of thioether (sulfide) groups is 1. The Labute approximate surface area is 135 Å². The molecular weight excluding hydrogens is 306 g/mol. The summed E-state index contributed by atoms with van der Waals surface area (Å²) >= 11 is 7.40. The average molecular weight is 328 g/mol. The van der Waals surface area contributed by atoms with Gasteiger partial charge in [0.25, 0.3) is 0 Å². The molecule has 0 aliphatic heterocycles. The van der Waals surface area contributed by atoms with E-state index in [-0.39, 0.29) is 5.91 Å². The SMILES string of the molecule is O=C(CSCc1ccc(Cl)cc1)NCC1(O)CCCCC1. The van der Waals surface area contributed by atoms with Crippen LogP contribution in [0.1, 0.15) is 37.7 Å². The maximum absolute atomic E-state index is 11.8. The third kappa shape index (κ3) is 5.89. The van der Waals surface area contributed by atoms with Crippen LogP contribution in [-0.2, 0) is 10.5 Å². The standard InChI is InChI=1S/C16H22ClNO2S/c17-14-6-4-13(5-7-14)10-21-11-15(19)18-12-16(20)8-2-1-3-9-16/h4-7,20H,1-3,8-12H2,(H,18,19). The maximum Gasteiger partial charge on any atom is 0.230 e. The van der Waals surface area contributed by atoms with Gasteiger partial charge in [0.2, 0.25) is 5.91 Å². The van der Waals surface area contributed by atoms with Gasteiger partial charge in [-0.1, -0.05) is 43.0 Å². The number of halogens is 1. The summed E-state index contributed by atoms with van der Waals surface area (Å²) in [5.74, 6) is 1.20. The lowest BCUT2D eigenvalue weighted by atomic mass is 9.85. The van der Waals surface area contributed by atoms with Crippen molar-refractivity contribution in [3.8, 4) is 0 Å². The van der Waals surface area contributed by atoms with Crippen molar-refractivity contribution in [3.05, 3.63) is 34.9 Å². The highest BCUT2D eigenvalue weighted by atomic mass is 35.5. The number of hydrogen-bond acceptors (Lipinski definition) is 3. The highest BCUT2D eigenvalue weighted by Crippen LogP contribution is 2.27. The quantitative estimate of drug-likeness (QED) is 0.842. The fraction of sp³-hybridized carbons (Fsp3) is 0.562. The normalized spacial score (nSPS) is 17.4. The zero-order chi connectivity index (χ0) is 15.1. The van der Waals surface area contributed by atoms with Gasteiger partial charge in [-0.2, -0.15) is 0 Å². The van der Waals surface area contributed by atoms with Crippen molar-refractivity contribution < 1.29 is 9.90 Å². The van der Waals surface area contributed by atoms with Crippen molar-refractivity contribution in [2.45, 2.75) is 43.5 Å². The molecule has 116 valence electrons. The first-order valence-electron chi connectivity index (χ1n) is 7.39. The molecule has 0 unspecified atom stereocenters. The lowest BCUT2D eigenvalue weighted by Gasteiger charge is -2.32. The number of aliphatic hydroxyl groups is 1. The average Bonchev–Trinajstić information content (AvgIpc) is 2.48. The van der Waals surface area contributed by atoms with Crippen molar-refractivity contribution in [1.29, 1.82) is 0 Å². The van der Waals surface area contributed by atoms with Crippen molar-refractivity contribution in [2.24, 2.45) is 0 Å². The molecule has 3 nitrogen and oxygen atoms in total. The van der Waals surface area contributed by atoms with Gasteiger partial charge in [0.1, 0.15) is 0 Å². The molecule has 1 fully saturated rings. The fourth-order valence-corrected chi connectivity index (χ4v) is 3.49. The van der Waals surface area contributed by atoms with Crippen LogP contribution in [0.2, 0.25) is 5.02 Å². The summed E-state index contributed by atoms with van der Waals surface area (Å²) in [6, 6.07) is 7.65. The van der Waals surface area contributed by atoms with Crippen molar-refractivity contribution in [2.75, 3.05) is 12.3 Å². The monoisotopic (exact) mass is 327 g/mol. The Morgan fingerprint density at radius 1 is 1.24 bits per heavy atom. The second kappa shape index (κ2) is 8.06. The van der Waals surface area contributed by atoms with E-state index >= 15 is 0 Å². The minimum atomic E-state index is -0.686. The zero-order valence-electron chi connectivity index (χ0n) is 12.1. The van der Waals surface area contributed by atoms with Gasteiger partial charge < -0.3 is 10.4 Å². The van der Waals surface area contributed by atoms with Gasteiger partial charge in [-0.15, -0.1) is 11.8 Å². The Balaban J connectivity index is 1.64. The van der Waals surface area contributed by atoms with Crippen LogP contribution in [-0.4, -0.2) is 28.9 Å². The topological polar surface area (TPSA) is 49.3 Å². The van der Waals surface area contributed by atoms with E-state index in [2.05, 4.69) is 5.32 Å². The first-order chi connectivity index (χ1) is 10.1. The van der Waals surface area contributed by atoms with E-state index in [1.54, 1.807) is 11.8 Å². The first-order valence-corrected chi connectivity index (χ1v) is 8.92. The third-order valence-electron chi connectivity index (χ3n) is 3.81. The van der Waals surface area contributed by atoms with E-state index < -0.39 is 5.60 Å². The van der Waals surface area contributed by atoms with Crippen molar-refractivity contribution in [3.63, 3.8) is 0 Å². The molecule has 0 atom stereocenters. The Morgan fingerprint density at radius 3 is 2.57 bits per heavy atom. The Kier molecular flexibility index (Phi) is 6.40. The zero-order valence-corrected chi connectivity index (χ0v) is 13.7. The Morgan fingerprint density at radius 2 is 1.90 bits per heavy atom. The smallest absolute Gasteiger partial charge is 0.230 e. The second-order valence-electron chi connectivity index (χ2n) is 5.68. The van der Waals surface area contributed by atoms with Crippen LogP contribution in [0, 0.1) is 0 Å². The highest BCUT2D eigenvalue weighted by molar-refractivity contribution is 7.99. The summed E-state index contributed by atoms with van der Waals surface area (Å²) in [6.07, 6.45) is 4.89. The number of nitrogens with one attached hydrogen (secondary N) is 1. The van der Waals surface area contributed by atoms with Crippen LogP contribution in [0.5, 0.6) is 0 Å². The fourth-order valence-electron chi connectivity index (χ4n) is 2.54. The molecule has 5 heteroatoms.